The topological polar surface area (TPSA) is 12.0 Å². The summed E-state index contributed by atoms with van der Waals surface area (Å²) in [5, 5.41) is 5.21. The van der Waals surface area contributed by atoms with Crippen LogP contribution in [-0.4, -0.2) is 0 Å². The van der Waals surface area contributed by atoms with E-state index in [1.807, 2.05) is 24.4 Å². The highest BCUT2D eigenvalue weighted by Gasteiger charge is 2.30. The zero-order valence-electron chi connectivity index (χ0n) is 10.4. The second-order valence-electron chi connectivity index (χ2n) is 4.32. The van der Waals surface area contributed by atoms with Gasteiger partial charge in [-0.1, -0.05) is 24.3 Å². The van der Waals surface area contributed by atoms with Crippen LogP contribution in [0.5, 0.6) is 0 Å². The van der Waals surface area contributed by atoms with Crippen molar-refractivity contribution in [3.8, 4) is 0 Å². The zero-order valence-corrected chi connectivity index (χ0v) is 11.2. The molecule has 2 aromatic rings. The Labute approximate surface area is 114 Å². The first-order chi connectivity index (χ1) is 8.97. The van der Waals surface area contributed by atoms with Crippen LogP contribution in [0, 0.1) is 0 Å². The van der Waals surface area contributed by atoms with Gasteiger partial charge in [-0.25, -0.2) is 0 Å². The molecule has 0 fully saturated rings. The first-order valence-electron chi connectivity index (χ1n) is 5.90. The first-order valence-corrected chi connectivity index (χ1v) is 6.77. The fourth-order valence-electron chi connectivity index (χ4n) is 1.77. The SMILES string of the molecule is CC(NCc1cccc(C(F)(F)F)c1)c1cccs1. The highest BCUT2D eigenvalue weighted by atomic mass is 32.1. The van der Waals surface area contributed by atoms with Crippen LogP contribution < -0.4 is 5.32 Å². The highest BCUT2D eigenvalue weighted by Crippen LogP contribution is 2.29. The van der Waals surface area contributed by atoms with Crippen LogP contribution in [0.3, 0.4) is 0 Å². The molecule has 0 saturated heterocycles. The molecule has 1 aromatic heterocycles. The number of rotatable bonds is 4. The van der Waals surface area contributed by atoms with Gasteiger partial charge in [0.15, 0.2) is 0 Å². The summed E-state index contributed by atoms with van der Waals surface area (Å²) in [7, 11) is 0. The van der Waals surface area contributed by atoms with E-state index in [1.165, 1.54) is 17.0 Å². The lowest BCUT2D eigenvalue weighted by atomic mass is 10.1. The van der Waals surface area contributed by atoms with Crippen molar-refractivity contribution in [2.75, 3.05) is 0 Å². The largest absolute Gasteiger partial charge is 0.416 e. The molecule has 2 rings (SSSR count). The lowest BCUT2D eigenvalue weighted by Crippen LogP contribution is -2.17. The Bertz CT molecular complexity index is 520. The van der Waals surface area contributed by atoms with E-state index >= 15 is 0 Å². The number of alkyl halides is 3. The predicted octanol–water partition coefficient (Wildman–Crippen LogP) is 4.62. The summed E-state index contributed by atoms with van der Waals surface area (Å²) in [4.78, 5) is 1.17. The van der Waals surface area contributed by atoms with Gasteiger partial charge in [-0.15, -0.1) is 11.3 Å². The van der Waals surface area contributed by atoms with Gasteiger partial charge in [0.2, 0.25) is 0 Å². The number of nitrogens with one attached hydrogen (secondary N) is 1. The summed E-state index contributed by atoms with van der Waals surface area (Å²) < 4.78 is 37.7. The van der Waals surface area contributed by atoms with Crippen LogP contribution in [0.2, 0.25) is 0 Å². The Morgan fingerprint density at radius 2 is 2.00 bits per heavy atom. The van der Waals surface area contributed by atoms with Crippen LogP contribution in [0.4, 0.5) is 13.2 Å². The van der Waals surface area contributed by atoms with E-state index in [-0.39, 0.29) is 6.04 Å². The maximum atomic E-state index is 12.6. The first kappa shape index (κ1) is 14.1. The molecule has 1 aromatic carbocycles. The molecule has 19 heavy (non-hydrogen) atoms. The molecule has 0 spiro atoms. The lowest BCUT2D eigenvalue weighted by molar-refractivity contribution is -0.137. The van der Waals surface area contributed by atoms with E-state index in [4.69, 9.17) is 0 Å². The Hall–Kier alpha value is -1.33. The summed E-state index contributed by atoms with van der Waals surface area (Å²) in [6.07, 6.45) is -4.28. The molecule has 1 atom stereocenters. The third kappa shape index (κ3) is 3.81. The second-order valence-corrected chi connectivity index (χ2v) is 5.30. The molecule has 1 N–H and O–H groups in total. The summed E-state index contributed by atoms with van der Waals surface area (Å²) in [5.74, 6) is 0. The van der Waals surface area contributed by atoms with Gasteiger partial charge in [0.1, 0.15) is 0 Å². The van der Waals surface area contributed by atoms with Crippen molar-refractivity contribution in [2.45, 2.75) is 25.7 Å². The molecule has 0 aliphatic heterocycles. The fraction of sp³-hybridized carbons (Fsp3) is 0.286. The van der Waals surface area contributed by atoms with Crippen LogP contribution in [0.1, 0.15) is 29.0 Å². The third-order valence-corrected chi connectivity index (χ3v) is 3.89. The maximum Gasteiger partial charge on any atom is 0.416 e. The van der Waals surface area contributed by atoms with Gasteiger partial charge in [0.05, 0.1) is 5.56 Å². The molecule has 0 aliphatic rings. The van der Waals surface area contributed by atoms with Crippen molar-refractivity contribution in [3.05, 3.63) is 57.8 Å². The van der Waals surface area contributed by atoms with Gasteiger partial charge in [-0.3, -0.25) is 0 Å². The Balaban J connectivity index is 2.00. The third-order valence-electron chi connectivity index (χ3n) is 2.84. The Morgan fingerprint density at radius 3 is 2.63 bits per heavy atom. The molecule has 102 valence electrons. The minimum atomic E-state index is -4.28. The van der Waals surface area contributed by atoms with E-state index in [2.05, 4.69) is 5.32 Å². The van der Waals surface area contributed by atoms with Gasteiger partial charge in [0.25, 0.3) is 0 Å². The van der Waals surface area contributed by atoms with Gasteiger partial charge in [-0.05, 0) is 30.0 Å². The summed E-state index contributed by atoms with van der Waals surface area (Å²) in [5.41, 5.74) is 0.0359. The van der Waals surface area contributed by atoms with Crippen molar-refractivity contribution in [2.24, 2.45) is 0 Å². The molecular formula is C14H14F3NS. The summed E-state index contributed by atoms with van der Waals surface area (Å²) in [6, 6.07) is 9.52. The number of hydrogen-bond donors (Lipinski definition) is 1. The molecule has 0 bridgehead atoms. The van der Waals surface area contributed by atoms with Crippen molar-refractivity contribution >= 4 is 11.3 Å². The number of halogens is 3. The molecule has 1 unspecified atom stereocenters. The van der Waals surface area contributed by atoms with Crippen LogP contribution in [0.25, 0.3) is 0 Å². The average molecular weight is 285 g/mol. The summed E-state index contributed by atoms with van der Waals surface area (Å²) >= 11 is 1.63. The maximum absolute atomic E-state index is 12.6. The molecule has 0 radical (unpaired) electrons. The lowest BCUT2D eigenvalue weighted by Gasteiger charge is -2.13. The normalized spacial score (nSPS) is 13.5. The smallest absolute Gasteiger partial charge is 0.305 e. The minimum absolute atomic E-state index is 0.134. The van der Waals surface area contributed by atoms with Gasteiger partial charge in [-0.2, -0.15) is 13.2 Å². The van der Waals surface area contributed by atoms with Crippen LogP contribution >= 0.6 is 11.3 Å². The average Bonchev–Trinajstić information content (AvgIpc) is 2.89. The van der Waals surface area contributed by atoms with Gasteiger partial charge >= 0.3 is 6.18 Å². The number of hydrogen-bond acceptors (Lipinski definition) is 2. The number of benzene rings is 1. The van der Waals surface area contributed by atoms with E-state index in [9.17, 15) is 13.2 Å². The molecule has 1 nitrogen and oxygen atoms in total. The zero-order chi connectivity index (χ0) is 13.9. The van der Waals surface area contributed by atoms with Crippen LogP contribution in [-0.2, 0) is 12.7 Å². The van der Waals surface area contributed by atoms with E-state index in [0.717, 1.165) is 6.07 Å². The monoisotopic (exact) mass is 285 g/mol. The predicted molar refractivity (Wildman–Crippen MR) is 71.0 cm³/mol. The van der Waals surface area contributed by atoms with Crippen molar-refractivity contribution in [1.29, 1.82) is 0 Å². The molecule has 0 amide bonds. The van der Waals surface area contributed by atoms with Crippen LogP contribution in [0.15, 0.2) is 41.8 Å². The van der Waals surface area contributed by atoms with E-state index in [0.29, 0.717) is 12.1 Å². The Kier molecular flexibility index (Phi) is 4.27. The molecule has 1 heterocycles. The standard InChI is InChI=1S/C14H14F3NS/c1-10(13-6-3-7-19-13)18-9-11-4-2-5-12(8-11)14(15,16)17/h2-8,10,18H,9H2,1H3. The number of thiophene rings is 1. The molecule has 5 heteroatoms. The molecule has 0 aliphatic carbocycles. The van der Waals surface area contributed by atoms with E-state index in [1.54, 1.807) is 17.4 Å². The fourth-order valence-corrected chi connectivity index (χ4v) is 2.53. The van der Waals surface area contributed by atoms with E-state index < -0.39 is 11.7 Å². The van der Waals surface area contributed by atoms with Gasteiger partial charge in [0, 0.05) is 17.5 Å². The molecule has 0 saturated carbocycles. The van der Waals surface area contributed by atoms with Crippen molar-refractivity contribution in [1.82, 2.24) is 5.32 Å². The highest BCUT2D eigenvalue weighted by molar-refractivity contribution is 7.10. The van der Waals surface area contributed by atoms with Gasteiger partial charge < -0.3 is 5.32 Å². The Morgan fingerprint density at radius 1 is 1.21 bits per heavy atom. The quantitative estimate of drug-likeness (QED) is 0.864. The summed E-state index contributed by atoms with van der Waals surface area (Å²) in [6.45, 7) is 2.42. The molecular weight excluding hydrogens is 271 g/mol. The van der Waals surface area contributed by atoms with Crippen molar-refractivity contribution in [3.63, 3.8) is 0 Å². The minimum Gasteiger partial charge on any atom is -0.305 e. The second kappa shape index (κ2) is 5.75. The van der Waals surface area contributed by atoms with Crippen molar-refractivity contribution < 1.29 is 13.2 Å².